The van der Waals surface area contributed by atoms with Crippen molar-refractivity contribution in [1.29, 1.82) is 0 Å². The van der Waals surface area contributed by atoms with Crippen molar-refractivity contribution in [3.8, 4) is 11.5 Å². The number of nitrogens with one attached hydrogen (secondary N) is 1. The van der Waals surface area contributed by atoms with E-state index in [9.17, 15) is 9.18 Å². The fourth-order valence-electron chi connectivity index (χ4n) is 3.22. The Balaban J connectivity index is 1.57. The maximum absolute atomic E-state index is 13.6. The Kier molecular flexibility index (Phi) is 6.18. The number of nitrogens with zero attached hydrogens (tertiary/aromatic N) is 3. The third kappa shape index (κ3) is 4.44. The van der Waals surface area contributed by atoms with E-state index in [2.05, 4.69) is 15.2 Å². The molecular formula is C20H25FN4O3. The summed E-state index contributed by atoms with van der Waals surface area (Å²) in [4.78, 5) is 20.9. The minimum atomic E-state index is -0.376. The number of anilines is 1. The molecule has 2 aromatic rings. The number of aromatic nitrogens is 1. The molecule has 0 aliphatic carbocycles. The van der Waals surface area contributed by atoms with E-state index < -0.39 is 0 Å². The van der Waals surface area contributed by atoms with Crippen molar-refractivity contribution in [3.63, 3.8) is 0 Å². The van der Waals surface area contributed by atoms with Gasteiger partial charge in [0.15, 0.2) is 0 Å². The molecule has 0 saturated carbocycles. The second-order valence-corrected chi connectivity index (χ2v) is 6.59. The van der Waals surface area contributed by atoms with Gasteiger partial charge in [0.05, 0.1) is 26.5 Å². The largest absolute Gasteiger partial charge is 0.496 e. The van der Waals surface area contributed by atoms with Gasteiger partial charge in [0.25, 0.3) is 0 Å². The van der Waals surface area contributed by atoms with Crippen molar-refractivity contribution in [3.05, 3.63) is 47.9 Å². The molecule has 1 aromatic carbocycles. The molecule has 1 aromatic heterocycles. The summed E-state index contributed by atoms with van der Waals surface area (Å²) >= 11 is 0. The fraction of sp³-hybridized carbons (Fsp3) is 0.400. The Labute approximate surface area is 164 Å². The smallest absolute Gasteiger partial charge is 0.317 e. The van der Waals surface area contributed by atoms with Crippen LogP contribution in [0.25, 0.3) is 0 Å². The van der Waals surface area contributed by atoms with Gasteiger partial charge in [-0.3, -0.25) is 0 Å². The van der Waals surface area contributed by atoms with Gasteiger partial charge in [0.1, 0.15) is 23.1 Å². The molecule has 1 aliphatic rings. The number of methoxy groups -OCH3 is 2. The zero-order valence-corrected chi connectivity index (χ0v) is 16.3. The number of hydrogen-bond acceptors (Lipinski definition) is 5. The van der Waals surface area contributed by atoms with Gasteiger partial charge >= 0.3 is 6.03 Å². The van der Waals surface area contributed by atoms with Crippen LogP contribution in [-0.2, 0) is 0 Å². The van der Waals surface area contributed by atoms with Crippen LogP contribution in [0, 0.1) is 5.82 Å². The molecule has 28 heavy (non-hydrogen) atoms. The summed E-state index contributed by atoms with van der Waals surface area (Å²) in [5.41, 5.74) is 0.608. The quantitative estimate of drug-likeness (QED) is 0.853. The summed E-state index contributed by atoms with van der Waals surface area (Å²) in [6.07, 6.45) is 1.68. The van der Waals surface area contributed by atoms with Gasteiger partial charge in [-0.05, 0) is 37.3 Å². The summed E-state index contributed by atoms with van der Waals surface area (Å²) in [6.45, 7) is 4.33. The molecule has 1 N–H and O–H groups in total. The van der Waals surface area contributed by atoms with E-state index in [1.165, 1.54) is 19.2 Å². The Morgan fingerprint density at radius 3 is 2.50 bits per heavy atom. The van der Waals surface area contributed by atoms with Crippen molar-refractivity contribution in [1.82, 2.24) is 15.2 Å². The molecule has 1 unspecified atom stereocenters. The maximum atomic E-state index is 13.6. The monoisotopic (exact) mass is 388 g/mol. The maximum Gasteiger partial charge on any atom is 0.317 e. The van der Waals surface area contributed by atoms with E-state index in [4.69, 9.17) is 9.47 Å². The van der Waals surface area contributed by atoms with Gasteiger partial charge in [0, 0.05) is 31.7 Å². The highest BCUT2D eigenvalue weighted by Crippen LogP contribution is 2.26. The van der Waals surface area contributed by atoms with Crippen LogP contribution in [-0.4, -0.2) is 56.3 Å². The van der Waals surface area contributed by atoms with E-state index in [1.54, 1.807) is 24.3 Å². The molecule has 7 nitrogen and oxygen atoms in total. The third-order valence-electron chi connectivity index (χ3n) is 4.85. The molecule has 3 rings (SSSR count). The number of hydrogen-bond donors (Lipinski definition) is 1. The number of pyridine rings is 1. The first-order chi connectivity index (χ1) is 13.5. The number of piperazine rings is 1. The van der Waals surface area contributed by atoms with Gasteiger partial charge in [-0.15, -0.1) is 0 Å². The lowest BCUT2D eigenvalue weighted by atomic mass is 10.1. The van der Waals surface area contributed by atoms with Gasteiger partial charge in [-0.1, -0.05) is 0 Å². The molecule has 1 atom stereocenters. The van der Waals surface area contributed by atoms with E-state index in [1.807, 2.05) is 19.1 Å². The Hall–Kier alpha value is -3.03. The van der Waals surface area contributed by atoms with Gasteiger partial charge in [0.2, 0.25) is 0 Å². The van der Waals surface area contributed by atoms with Crippen molar-refractivity contribution < 1.29 is 18.7 Å². The normalized spacial score (nSPS) is 15.1. The number of rotatable bonds is 5. The minimum Gasteiger partial charge on any atom is -0.496 e. The molecule has 0 spiro atoms. The predicted molar refractivity (Wildman–Crippen MR) is 104 cm³/mol. The summed E-state index contributed by atoms with van der Waals surface area (Å²) in [7, 11) is 3.13. The molecule has 0 radical (unpaired) electrons. The lowest BCUT2D eigenvalue weighted by Crippen LogP contribution is -2.52. The van der Waals surface area contributed by atoms with Crippen LogP contribution in [0.15, 0.2) is 36.5 Å². The fourth-order valence-corrected chi connectivity index (χ4v) is 3.22. The average molecular weight is 388 g/mol. The molecule has 150 valence electrons. The number of carbonyl (C=O) groups is 1. The molecule has 1 fully saturated rings. The van der Waals surface area contributed by atoms with Crippen molar-refractivity contribution >= 4 is 11.8 Å². The number of amides is 2. The first-order valence-electron chi connectivity index (χ1n) is 9.15. The summed E-state index contributed by atoms with van der Waals surface area (Å²) in [5.74, 6) is 1.75. The Morgan fingerprint density at radius 1 is 1.14 bits per heavy atom. The van der Waals surface area contributed by atoms with Crippen LogP contribution in [0.2, 0.25) is 0 Å². The lowest BCUT2D eigenvalue weighted by molar-refractivity contribution is 0.191. The molecule has 1 aliphatic heterocycles. The molecule has 8 heteroatoms. The first-order valence-corrected chi connectivity index (χ1v) is 9.15. The second-order valence-electron chi connectivity index (χ2n) is 6.59. The second kappa shape index (κ2) is 8.77. The van der Waals surface area contributed by atoms with E-state index in [0.29, 0.717) is 43.2 Å². The highest BCUT2D eigenvalue weighted by Gasteiger charge is 2.24. The minimum absolute atomic E-state index is 0.179. The number of carbonyl (C=O) groups excluding carboxylic acids is 1. The zero-order valence-electron chi connectivity index (χ0n) is 16.3. The van der Waals surface area contributed by atoms with Crippen LogP contribution < -0.4 is 19.7 Å². The number of halogens is 1. The zero-order chi connectivity index (χ0) is 20.1. The van der Waals surface area contributed by atoms with Crippen molar-refractivity contribution in [2.24, 2.45) is 0 Å². The summed E-state index contributed by atoms with van der Waals surface area (Å²) < 4.78 is 24.0. The van der Waals surface area contributed by atoms with E-state index in [0.717, 1.165) is 5.82 Å². The Bertz CT molecular complexity index is 808. The SMILES string of the molecule is COc1ccc(N2CCN(C(=O)NC(C)c3cc(F)ccc3OC)CC2)nc1. The number of urea groups is 1. The topological polar surface area (TPSA) is 66.9 Å². The van der Waals surface area contributed by atoms with Crippen molar-refractivity contribution in [2.75, 3.05) is 45.3 Å². The summed E-state index contributed by atoms with van der Waals surface area (Å²) in [5, 5.41) is 2.93. The van der Waals surface area contributed by atoms with Crippen LogP contribution in [0.4, 0.5) is 15.0 Å². The first kappa shape index (κ1) is 19.7. The third-order valence-corrected chi connectivity index (χ3v) is 4.85. The van der Waals surface area contributed by atoms with Crippen LogP contribution >= 0.6 is 0 Å². The number of benzene rings is 1. The van der Waals surface area contributed by atoms with E-state index >= 15 is 0 Å². The van der Waals surface area contributed by atoms with Gasteiger partial charge < -0.3 is 24.6 Å². The predicted octanol–water partition coefficient (Wildman–Crippen LogP) is 2.83. The van der Waals surface area contributed by atoms with Crippen LogP contribution in [0.3, 0.4) is 0 Å². The van der Waals surface area contributed by atoms with Crippen molar-refractivity contribution in [2.45, 2.75) is 13.0 Å². The molecule has 2 amide bonds. The van der Waals surface area contributed by atoms with E-state index in [-0.39, 0.29) is 17.9 Å². The van der Waals surface area contributed by atoms with Crippen LogP contribution in [0.5, 0.6) is 11.5 Å². The molecule has 1 saturated heterocycles. The number of ether oxygens (including phenoxy) is 2. The molecular weight excluding hydrogens is 363 g/mol. The standard InChI is InChI=1S/C20H25FN4O3/c1-14(17-12-15(21)4-6-18(17)28-3)23-20(26)25-10-8-24(9-11-25)19-7-5-16(27-2)13-22-19/h4-7,12-14H,8-11H2,1-3H3,(H,23,26). The lowest BCUT2D eigenvalue weighted by Gasteiger charge is -2.36. The highest BCUT2D eigenvalue weighted by molar-refractivity contribution is 5.75. The van der Waals surface area contributed by atoms with Gasteiger partial charge in [-0.2, -0.15) is 0 Å². The summed E-state index contributed by atoms with van der Waals surface area (Å²) in [6, 6.07) is 7.51. The highest BCUT2D eigenvalue weighted by atomic mass is 19.1. The molecule has 0 bridgehead atoms. The molecule has 2 heterocycles. The Morgan fingerprint density at radius 2 is 1.89 bits per heavy atom. The van der Waals surface area contributed by atoms with Crippen LogP contribution in [0.1, 0.15) is 18.5 Å². The van der Waals surface area contributed by atoms with Gasteiger partial charge in [-0.25, -0.2) is 14.2 Å². The average Bonchev–Trinajstić information content (AvgIpc) is 2.73.